The zero-order chi connectivity index (χ0) is 20.4. The standard InChI is InChI=1S/C22H22N4O2S/c1-13-7-6-10-16(11-13)21-25-26-22(29-21)24-19(27)14(2)23-20(28)18-12-17(18)15-8-4-3-5-9-15/h3-11,14,17-18H,12H2,1-2H3,(H,23,28)(H,24,26,27). The van der Waals surface area contributed by atoms with Crippen molar-refractivity contribution in [3.8, 4) is 10.6 Å². The van der Waals surface area contributed by atoms with Gasteiger partial charge in [-0.05, 0) is 37.8 Å². The van der Waals surface area contributed by atoms with Crippen LogP contribution in [0.25, 0.3) is 10.6 Å². The highest BCUT2D eigenvalue weighted by Gasteiger charge is 2.44. The Hall–Kier alpha value is -3.06. The van der Waals surface area contributed by atoms with Crippen LogP contribution in [0.4, 0.5) is 5.13 Å². The van der Waals surface area contributed by atoms with Crippen molar-refractivity contribution in [2.24, 2.45) is 5.92 Å². The van der Waals surface area contributed by atoms with Crippen LogP contribution in [0.1, 0.15) is 30.4 Å². The highest BCUT2D eigenvalue weighted by atomic mass is 32.1. The number of amides is 2. The zero-order valence-electron chi connectivity index (χ0n) is 16.3. The molecule has 4 rings (SSSR count). The van der Waals surface area contributed by atoms with Crippen molar-refractivity contribution < 1.29 is 9.59 Å². The summed E-state index contributed by atoms with van der Waals surface area (Å²) >= 11 is 1.31. The van der Waals surface area contributed by atoms with Gasteiger partial charge in [0.15, 0.2) is 0 Å². The number of carbonyl (C=O) groups is 2. The van der Waals surface area contributed by atoms with E-state index in [9.17, 15) is 9.59 Å². The summed E-state index contributed by atoms with van der Waals surface area (Å²) in [6.45, 7) is 3.69. The molecule has 0 radical (unpaired) electrons. The maximum Gasteiger partial charge on any atom is 0.248 e. The van der Waals surface area contributed by atoms with Crippen molar-refractivity contribution in [1.29, 1.82) is 0 Å². The quantitative estimate of drug-likeness (QED) is 0.653. The summed E-state index contributed by atoms with van der Waals surface area (Å²) in [5.41, 5.74) is 3.26. The minimum absolute atomic E-state index is 0.0675. The molecule has 3 unspecified atom stereocenters. The zero-order valence-corrected chi connectivity index (χ0v) is 17.1. The van der Waals surface area contributed by atoms with Gasteiger partial charge in [-0.3, -0.25) is 14.9 Å². The fraction of sp³-hybridized carbons (Fsp3) is 0.273. The summed E-state index contributed by atoms with van der Waals surface area (Å²) in [4.78, 5) is 24.9. The van der Waals surface area contributed by atoms with Crippen molar-refractivity contribution in [3.05, 3.63) is 65.7 Å². The molecule has 29 heavy (non-hydrogen) atoms. The first-order chi connectivity index (χ1) is 14.0. The van der Waals surface area contributed by atoms with Crippen LogP contribution >= 0.6 is 11.3 Å². The summed E-state index contributed by atoms with van der Waals surface area (Å²) in [7, 11) is 0. The third kappa shape index (κ3) is 4.51. The van der Waals surface area contributed by atoms with E-state index in [2.05, 4.69) is 20.8 Å². The lowest BCUT2D eigenvalue weighted by molar-refractivity contribution is -0.127. The van der Waals surface area contributed by atoms with Crippen LogP contribution in [0, 0.1) is 12.8 Å². The molecule has 0 spiro atoms. The highest BCUT2D eigenvalue weighted by molar-refractivity contribution is 7.18. The van der Waals surface area contributed by atoms with Crippen molar-refractivity contribution >= 4 is 28.3 Å². The maximum absolute atomic E-state index is 12.5. The fourth-order valence-corrected chi connectivity index (χ4v) is 4.06. The van der Waals surface area contributed by atoms with E-state index in [4.69, 9.17) is 0 Å². The van der Waals surface area contributed by atoms with Crippen molar-refractivity contribution in [1.82, 2.24) is 15.5 Å². The Kier molecular flexibility index (Phi) is 5.40. The average Bonchev–Trinajstić information content (AvgIpc) is 3.40. The van der Waals surface area contributed by atoms with E-state index in [-0.39, 0.29) is 23.7 Å². The number of hydrogen-bond acceptors (Lipinski definition) is 5. The van der Waals surface area contributed by atoms with E-state index in [0.717, 1.165) is 22.6 Å². The Morgan fingerprint density at radius 2 is 1.90 bits per heavy atom. The normalized spacial score (nSPS) is 18.7. The first-order valence-corrected chi connectivity index (χ1v) is 10.4. The number of anilines is 1. The largest absolute Gasteiger partial charge is 0.344 e. The smallest absolute Gasteiger partial charge is 0.248 e. The van der Waals surface area contributed by atoms with Crippen molar-refractivity contribution in [2.75, 3.05) is 5.32 Å². The first kappa shape index (κ1) is 19.3. The molecule has 0 aliphatic heterocycles. The summed E-state index contributed by atoms with van der Waals surface area (Å²) in [6.07, 6.45) is 0.820. The summed E-state index contributed by atoms with van der Waals surface area (Å²) < 4.78 is 0. The van der Waals surface area contributed by atoms with Gasteiger partial charge in [-0.1, -0.05) is 65.4 Å². The predicted molar refractivity (Wildman–Crippen MR) is 114 cm³/mol. The molecule has 0 bridgehead atoms. The average molecular weight is 407 g/mol. The van der Waals surface area contributed by atoms with Gasteiger partial charge in [-0.25, -0.2) is 0 Å². The lowest BCUT2D eigenvalue weighted by Gasteiger charge is -2.12. The molecule has 1 fully saturated rings. The van der Waals surface area contributed by atoms with Gasteiger partial charge in [0.2, 0.25) is 16.9 Å². The van der Waals surface area contributed by atoms with Crippen molar-refractivity contribution in [2.45, 2.75) is 32.2 Å². The van der Waals surface area contributed by atoms with E-state index in [1.165, 1.54) is 16.9 Å². The molecule has 6 nitrogen and oxygen atoms in total. The van der Waals surface area contributed by atoms with Crippen LogP contribution in [0.2, 0.25) is 0 Å². The van der Waals surface area contributed by atoms with Crippen LogP contribution in [0.3, 0.4) is 0 Å². The third-order valence-electron chi connectivity index (χ3n) is 5.03. The molecule has 148 valence electrons. The van der Waals surface area contributed by atoms with Crippen LogP contribution in [0.15, 0.2) is 54.6 Å². The number of aromatic nitrogens is 2. The lowest BCUT2D eigenvalue weighted by Crippen LogP contribution is -2.42. The molecule has 0 saturated heterocycles. The minimum Gasteiger partial charge on any atom is -0.344 e. The van der Waals surface area contributed by atoms with Crippen molar-refractivity contribution in [3.63, 3.8) is 0 Å². The van der Waals surface area contributed by atoms with Crippen LogP contribution in [-0.4, -0.2) is 28.1 Å². The molecule has 3 aromatic rings. The molecule has 7 heteroatoms. The van der Waals surface area contributed by atoms with Gasteiger partial charge in [-0.2, -0.15) is 0 Å². The summed E-state index contributed by atoms with van der Waals surface area (Å²) in [5, 5.41) is 14.9. The Labute approximate surface area is 173 Å². The van der Waals surface area contributed by atoms with Gasteiger partial charge >= 0.3 is 0 Å². The first-order valence-electron chi connectivity index (χ1n) is 9.58. The Balaban J connectivity index is 1.32. The Morgan fingerprint density at radius 1 is 1.10 bits per heavy atom. The second-order valence-electron chi connectivity index (χ2n) is 7.36. The number of rotatable bonds is 6. The molecule has 1 aliphatic rings. The topological polar surface area (TPSA) is 84.0 Å². The molecule has 1 aromatic heterocycles. The number of nitrogens with zero attached hydrogens (tertiary/aromatic N) is 2. The second-order valence-corrected chi connectivity index (χ2v) is 8.34. The number of hydrogen-bond donors (Lipinski definition) is 2. The fourth-order valence-electron chi connectivity index (χ4n) is 3.32. The number of aryl methyl sites for hydroxylation is 1. The molecule has 1 aliphatic carbocycles. The lowest BCUT2D eigenvalue weighted by atomic mass is 10.1. The van der Waals surface area contributed by atoms with Crippen LogP contribution in [0.5, 0.6) is 0 Å². The van der Waals surface area contributed by atoms with E-state index >= 15 is 0 Å². The van der Waals surface area contributed by atoms with Gasteiger partial charge in [0, 0.05) is 11.5 Å². The number of benzene rings is 2. The van der Waals surface area contributed by atoms with E-state index in [0.29, 0.717) is 5.13 Å². The molecule has 2 amide bonds. The number of carbonyl (C=O) groups excluding carboxylic acids is 2. The number of nitrogens with one attached hydrogen (secondary N) is 2. The molecule has 3 atom stereocenters. The van der Waals surface area contributed by atoms with Gasteiger partial charge in [0.05, 0.1) is 0 Å². The monoisotopic (exact) mass is 406 g/mol. The van der Waals surface area contributed by atoms with Crippen LogP contribution < -0.4 is 10.6 Å². The molecule has 1 heterocycles. The van der Waals surface area contributed by atoms with Gasteiger partial charge in [0.1, 0.15) is 11.0 Å². The third-order valence-corrected chi connectivity index (χ3v) is 5.91. The van der Waals surface area contributed by atoms with Gasteiger partial charge < -0.3 is 5.32 Å². The minimum atomic E-state index is -0.647. The van der Waals surface area contributed by atoms with E-state index in [1.54, 1.807) is 6.92 Å². The van der Waals surface area contributed by atoms with E-state index in [1.807, 2.05) is 61.5 Å². The highest BCUT2D eigenvalue weighted by Crippen LogP contribution is 2.47. The van der Waals surface area contributed by atoms with Crippen LogP contribution in [-0.2, 0) is 9.59 Å². The second kappa shape index (κ2) is 8.13. The molecule has 2 N–H and O–H groups in total. The SMILES string of the molecule is Cc1cccc(-c2nnc(NC(=O)C(C)NC(=O)C3CC3c3ccccc3)s2)c1. The summed E-state index contributed by atoms with van der Waals surface area (Å²) in [6, 6.07) is 17.3. The maximum atomic E-state index is 12.5. The molecule has 2 aromatic carbocycles. The molecular weight excluding hydrogens is 384 g/mol. The van der Waals surface area contributed by atoms with Gasteiger partial charge in [0.25, 0.3) is 0 Å². The predicted octanol–water partition coefficient (Wildman–Crippen LogP) is 3.76. The summed E-state index contributed by atoms with van der Waals surface area (Å²) in [5.74, 6) is -0.213. The molecule has 1 saturated carbocycles. The Morgan fingerprint density at radius 3 is 2.66 bits per heavy atom. The van der Waals surface area contributed by atoms with Gasteiger partial charge in [-0.15, -0.1) is 10.2 Å². The Bertz CT molecular complexity index is 1030. The van der Waals surface area contributed by atoms with E-state index < -0.39 is 6.04 Å². The molecular formula is C22H22N4O2S.